The van der Waals surface area contributed by atoms with Crippen LogP contribution in [0.25, 0.3) is 10.9 Å². The van der Waals surface area contributed by atoms with Gasteiger partial charge in [0, 0.05) is 120 Å². The topological polar surface area (TPSA) is 637 Å². The number of H-pyrrole nitrogens is 2. The van der Waals surface area contributed by atoms with Gasteiger partial charge in [-0.05, 0) is 98.7 Å². The average Bonchev–Trinajstić information content (AvgIpc) is 1.59. The summed E-state index contributed by atoms with van der Waals surface area (Å²) in [7, 11) is 0. The van der Waals surface area contributed by atoms with Gasteiger partial charge in [0.15, 0.2) is 6.54 Å². The van der Waals surface area contributed by atoms with E-state index in [2.05, 4.69) is 78.4 Å². The molecule has 0 bridgehead atoms. The molecule has 0 saturated carbocycles. The van der Waals surface area contributed by atoms with Crippen molar-refractivity contribution in [3.8, 4) is 0 Å². The lowest BCUT2D eigenvalue weighted by Gasteiger charge is -2.33. The molecule has 662 valence electrons. The average molecular weight is 1710 g/mol. The van der Waals surface area contributed by atoms with Crippen molar-refractivity contribution in [1.82, 2.24) is 103 Å². The molecule has 3 aromatic heterocycles. The third-order valence-electron chi connectivity index (χ3n) is 19.3. The molecule has 1 aromatic carbocycles. The number of para-hydroxylation sites is 1. The minimum Gasteiger partial charge on any atom is -0.480 e. The van der Waals surface area contributed by atoms with Crippen molar-refractivity contribution in [3.05, 3.63) is 76.8 Å². The van der Waals surface area contributed by atoms with E-state index in [1.54, 1.807) is 63.9 Å². The van der Waals surface area contributed by atoms with E-state index in [9.17, 15) is 102 Å². The highest BCUT2D eigenvalue weighted by molar-refractivity contribution is 7.98. The predicted molar refractivity (Wildman–Crippen MR) is 435 cm³/mol. The fourth-order valence-corrected chi connectivity index (χ4v) is 13.4. The van der Waals surface area contributed by atoms with Gasteiger partial charge in [-0.1, -0.05) is 50.9 Å². The number of aromatic amines is 2. The normalized spacial score (nSPS) is 15.2. The monoisotopic (exact) mass is 1710 g/mol. The van der Waals surface area contributed by atoms with E-state index in [0.717, 1.165) is 4.57 Å². The molecular weight excluding hydrogens is 1590 g/mol. The summed E-state index contributed by atoms with van der Waals surface area (Å²) in [4.78, 5) is 243. The first-order valence-corrected chi connectivity index (χ1v) is 40.9. The minimum atomic E-state index is -1.48. The number of hydrogen-bond donors (Lipinski definition) is 18. The molecule has 5 rings (SSSR count). The van der Waals surface area contributed by atoms with E-state index < -0.39 is 192 Å². The summed E-state index contributed by atoms with van der Waals surface area (Å²) in [6.07, 6.45) is 8.50. The van der Waals surface area contributed by atoms with Crippen molar-refractivity contribution >= 4 is 123 Å². The van der Waals surface area contributed by atoms with Gasteiger partial charge in [-0.25, -0.2) is 9.55 Å². The fraction of sp³-hybridized carbons (Fsp3) is 0.600. The zero-order valence-electron chi connectivity index (χ0n) is 68.3. The summed E-state index contributed by atoms with van der Waals surface area (Å²) in [5.74, 6) is -14.2. The Labute approximate surface area is 696 Å². The van der Waals surface area contributed by atoms with Crippen molar-refractivity contribution in [2.75, 3.05) is 110 Å². The number of hydrogen-bond acceptors (Lipinski definition) is 25. The maximum atomic E-state index is 14.5. The van der Waals surface area contributed by atoms with Crippen LogP contribution >= 0.6 is 11.8 Å². The molecule has 0 aliphatic carbocycles. The van der Waals surface area contributed by atoms with E-state index >= 15 is 0 Å². The number of unbranched alkanes of at least 4 members (excludes halogenated alkanes) is 2. The van der Waals surface area contributed by atoms with E-state index in [1.165, 1.54) is 43.6 Å². The van der Waals surface area contributed by atoms with Gasteiger partial charge in [0.25, 0.3) is 5.91 Å². The van der Waals surface area contributed by atoms with Crippen LogP contribution in [0.1, 0.15) is 110 Å². The Balaban J connectivity index is 1.24. The number of benzene rings is 1. The van der Waals surface area contributed by atoms with E-state index in [1.807, 2.05) is 20.1 Å². The number of aromatic nitrogens is 5. The second-order valence-corrected chi connectivity index (χ2v) is 30.9. The molecule has 20 N–H and O–H groups in total. The number of aliphatic carboxylic acids is 3. The van der Waals surface area contributed by atoms with Crippen LogP contribution in [0, 0.1) is 22.0 Å². The molecule has 45 heteroatoms. The van der Waals surface area contributed by atoms with Crippen molar-refractivity contribution in [2.24, 2.45) is 23.3 Å². The molecule has 1 fully saturated rings. The molecule has 13 amide bonds. The molecular formula is C75H115N23O21S. The quantitative estimate of drug-likeness (QED) is 0.0113. The Hall–Kier alpha value is -11.7. The van der Waals surface area contributed by atoms with Crippen LogP contribution in [0.2, 0.25) is 0 Å². The fourth-order valence-electron chi connectivity index (χ4n) is 12.9. The van der Waals surface area contributed by atoms with Gasteiger partial charge in [-0.15, -0.1) is 0 Å². The van der Waals surface area contributed by atoms with E-state index in [4.69, 9.17) is 11.5 Å². The second kappa shape index (κ2) is 51.6. The number of carbonyl (C=O) groups is 16. The van der Waals surface area contributed by atoms with Gasteiger partial charge in [-0.3, -0.25) is 96.3 Å². The summed E-state index contributed by atoms with van der Waals surface area (Å²) in [5, 5.41) is 70.1. The van der Waals surface area contributed by atoms with Crippen LogP contribution in [0.15, 0.2) is 55.4 Å². The summed E-state index contributed by atoms with van der Waals surface area (Å²) in [6, 6.07) is -3.32. The molecule has 4 heterocycles. The number of nitrogens with one attached hydrogen (secondary N) is 13. The first kappa shape index (κ1) is 98.9. The van der Waals surface area contributed by atoms with Gasteiger partial charge in [0.1, 0.15) is 60.7 Å². The number of rotatable bonds is 52. The number of nitro groups is 1. The molecule has 1 aliphatic rings. The number of amides is 13. The number of carboxylic acid groups (broad SMARTS) is 3. The number of carboxylic acids is 3. The molecule has 8 atom stereocenters. The standard InChI is InChI=1S/C75H115N23O21S/c1-45(2)33-55(72(115)89-52(67(77)110)19-32-120-6)90-73(116)57(35-49-37-78-44-84-49)88-60(101)38-83-74(117)66(46(3)4)92-68(111)47(5)85-71(114)56(34-48-36-82-51-14-8-7-13-50(48)51)91-70(113)54(17-18-58(76)99)86-59(100)16-10-12-21-80-69(112)53(15-9-11-20-79-61(102)40-97-23-22-81-75(97)98(118)119)87-62(103)39-93-24-26-94(41-63(104)105)28-30-96(43-65(108)109)31-29-95(27-25-93)42-64(106)107/h7-8,13-14,22-23,36-37,44-47,52-57,66,82H,9-12,15-21,24-35,38-43H2,1-6H3,(H2,76,99)(H2,77,110)(H,78,84)(H,79,102)(H,80,112)(H,83,117)(H,85,114)(H,86,100)(H,87,103)(H,88,101)(H,89,115)(H,90,116)(H,91,113)(H,92,111)(H,104,105)(H,106,107)(H,108,109)/t47-,52-,53?,54-,55-,56-,57-,66-/m0/s1. The number of imidazole rings is 2. The summed E-state index contributed by atoms with van der Waals surface area (Å²) in [5.41, 5.74) is 12.8. The number of primary amides is 2. The zero-order chi connectivity index (χ0) is 88.5. The van der Waals surface area contributed by atoms with Gasteiger partial charge >= 0.3 is 23.9 Å². The van der Waals surface area contributed by atoms with E-state index in [-0.39, 0.29) is 155 Å². The van der Waals surface area contributed by atoms with Crippen LogP contribution in [-0.4, -0.2) is 318 Å². The number of nitrogens with two attached hydrogens (primary N) is 2. The van der Waals surface area contributed by atoms with E-state index in [0.29, 0.717) is 27.9 Å². The van der Waals surface area contributed by atoms with Crippen molar-refractivity contribution in [3.63, 3.8) is 0 Å². The summed E-state index contributed by atoms with van der Waals surface area (Å²) in [6.45, 7) is 6.42. The second-order valence-electron chi connectivity index (χ2n) is 29.9. The maximum Gasteiger partial charge on any atom is 0.435 e. The molecule has 120 heavy (non-hydrogen) atoms. The third-order valence-corrected chi connectivity index (χ3v) is 19.9. The van der Waals surface area contributed by atoms with Gasteiger partial charge in [0.05, 0.1) is 39.1 Å². The molecule has 0 spiro atoms. The number of nitrogens with zero attached hydrogens (tertiary/aromatic N) is 8. The van der Waals surface area contributed by atoms with Crippen LogP contribution in [0.4, 0.5) is 5.95 Å². The predicted octanol–water partition coefficient (Wildman–Crippen LogP) is -4.25. The highest BCUT2D eigenvalue weighted by atomic mass is 32.2. The van der Waals surface area contributed by atoms with Gasteiger partial charge in [0.2, 0.25) is 70.9 Å². The Kier molecular flexibility index (Phi) is 42.5. The van der Waals surface area contributed by atoms with Crippen LogP contribution in [-0.2, 0) is 96.1 Å². The SMILES string of the molecule is CSCC[C@H](NC(=O)[C@H](CC(C)C)NC(=O)[C@H](Cc1cnc[nH]1)NC(=O)CNC(=O)[C@@H](NC(=O)[C@H](C)NC(=O)[C@H](Cc1c[nH]c2ccccc12)NC(=O)[C@H](CCC(N)=O)NC(=O)CCCCNC(=O)C(CCCCNC(=O)Cn1ccnc1[N+](=O)[O-])NC(=O)CN1CCN(CC(=O)O)CCN(CC(=O)O)CCN(CC(=O)O)CC1)C(C)C)C(N)=O. The zero-order valence-corrected chi connectivity index (χ0v) is 69.1. The maximum absolute atomic E-state index is 14.5. The van der Waals surface area contributed by atoms with Crippen molar-refractivity contribution < 1.29 is 97.0 Å². The lowest BCUT2D eigenvalue weighted by molar-refractivity contribution is -0.396. The minimum absolute atomic E-state index is 0.0179. The third kappa shape index (κ3) is 36.7. The summed E-state index contributed by atoms with van der Waals surface area (Å²) >= 11 is 1.44. The van der Waals surface area contributed by atoms with Crippen molar-refractivity contribution in [2.45, 2.75) is 167 Å². The largest absolute Gasteiger partial charge is 0.480 e. The highest BCUT2D eigenvalue weighted by Gasteiger charge is 2.35. The first-order valence-electron chi connectivity index (χ1n) is 39.5. The first-order chi connectivity index (χ1) is 57.0. The Morgan fingerprint density at radius 2 is 1.08 bits per heavy atom. The lowest BCUT2D eigenvalue weighted by Crippen LogP contribution is -2.59. The Morgan fingerprint density at radius 1 is 0.542 bits per heavy atom. The molecule has 1 unspecified atom stereocenters. The van der Waals surface area contributed by atoms with Crippen LogP contribution in [0.3, 0.4) is 0 Å². The van der Waals surface area contributed by atoms with Gasteiger partial charge < -0.3 is 105 Å². The lowest BCUT2D eigenvalue weighted by atomic mass is 10.0. The molecule has 1 saturated heterocycles. The number of carbonyl (C=O) groups excluding carboxylic acids is 13. The Bertz CT molecular complexity index is 4090. The molecule has 4 aromatic rings. The number of fused-ring (bicyclic) bond motifs is 1. The molecule has 44 nitrogen and oxygen atoms in total. The van der Waals surface area contributed by atoms with Crippen LogP contribution < -0.4 is 70.0 Å². The highest BCUT2D eigenvalue weighted by Crippen LogP contribution is 2.21. The van der Waals surface area contributed by atoms with Crippen LogP contribution in [0.5, 0.6) is 0 Å². The summed E-state index contributed by atoms with van der Waals surface area (Å²) < 4.78 is 1.05. The van der Waals surface area contributed by atoms with Crippen molar-refractivity contribution in [1.29, 1.82) is 0 Å². The molecule has 0 radical (unpaired) electrons. The Morgan fingerprint density at radius 3 is 1.66 bits per heavy atom. The smallest absolute Gasteiger partial charge is 0.435 e. The van der Waals surface area contributed by atoms with Gasteiger partial charge in [-0.2, -0.15) is 11.8 Å². The number of thioether (sulfide) groups is 1. The molecule has 1 aliphatic heterocycles.